The van der Waals surface area contributed by atoms with E-state index in [4.69, 9.17) is 4.98 Å². The fourth-order valence-corrected chi connectivity index (χ4v) is 4.23. The van der Waals surface area contributed by atoms with E-state index in [2.05, 4.69) is 36.9 Å². The Hall–Kier alpha value is -3.61. The van der Waals surface area contributed by atoms with Gasteiger partial charge in [-0.2, -0.15) is 4.98 Å². The van der Waals surface area contributed by atoms with Crippen LogP contribution in [-0.4, -0.2) is 25.2 Å². The van der Waals surface area contributed by atoms with Crippen molar-refractivity contribution in [2.45, 2.75) is 33.9 Å². The van der Waals surface area contributed by atoms with Crippen molar-refractivity contribution < 1.29 is 0 Å². The molecule has 0 N–H and O–H groups in total. The van der Waals surface area contributed by atoms with E-state index in [9.17, 15) is 9.59 Å². The van der Waals surface area contributed by atoms with E-state index in [0.29, 0.717) is 23.7 Å². The largest absolute Gasteiger partial charge is 0.332 e. The van der Waals surface area contributed by atoms with Gasteiger partial charge in [-0.15, -0.1) is 0 Å². The summed E-state index contributed by atoms with van der Waals surface area (Å²) in [5, 5.41) is 0. The van der Waals surface area contributed by atoms with Gasteiger partial charge in [0.2, 0.25) is 5.95 Å². The van der Waals surface area contributed by atoms with Gasteiger partial charge in [0.05, 0.1) is 6.54 Å². The fourth-order valence-electron chi connectivity index (χ4n) is 4.23. The first-order valence-electron chi connectivity index (χ1n) is 10.5. The van der Waals surface area contributed by atoms with E-state index in [1.807, 2.05) is 35.8 Å². The Morgan fingerprint density at radius 1 is 0.935 bits per heavy atom. The first kappa shape index (κ1) is 19.4. The highest BCUT2D eigenvalue weighted by atomic mass is 16.2. The summed E-state index contributed by atoms with van der Waals surface area (Å²) in [6.45, 7) is 7.81. The summed E-state index contributed by atoms with van der Waals surface area (Å²) in [6.07, 6.45) is 0. The van der Waals surface area contributed by atoms with Crippen LogP contribution in [0.2, 0.25) is 0 Å². The second kappa shape index (κ2) is 6.97. The van der Waals surface area contributed by atoms with Crippen LogP contribution in [-0.2, 0) is 20.1 Å². The van der Waals surface area contributed by atoms with Gasteiger partial charge < -0.3 is 9.47 Å². The van der Waals surface area contributed by atoms with Crippen LogP contribution in [0.5, 0.6) is 0 Å². The number of anilines is 2. The summed E-state index contributed by atoms with van der Waals surface area (Å²) in [6, 6.07) is 14.2. The monoisotopic (exact) mass is 415 g/mol. The maximum Gasteiger partial charge on any atom is 0.332 e. The number of nitrogens with zero attached hydrogens (tertiary/aromatic N) is 5. The number of fused-ring (bicyclic) bond motifs is 3. The molecule has 0 aliphatic carbocycles. The molecule has 3 heterocycles. The molecular weight excluding hydrogens is 390 g/mol. The minimum Gasteiger partial charge on any atom is -0.310 e. The second-order valence-corrected chi connectivity index (χ2v) is 8.37. The molecule has 0 saturated carbocycles. The summed E-state index contributed by atoms with van der Waals surface area (Å²) in [5.74, 6) is 0.707. The van der Waals surface area contributed by atoms with Crippen LogP contribution in [0.1, 0.15) is 22.3 Å². The molecular formula is C24H25N5O2. The molecule has 5 rings (SSSR count). The zero-order valence-corrected chi connectivity index (χ0v) is 18.2. The second-order valence-electron chi connectivity index (χ2n) is 8.37. The molecule has 2 aromatic heterocycles. The Kier molecular flexibility index (Phi) is 4.36. The predicted octanol–water partition coefficient (Wildman–Crippen LogP) is 3.02. The maximum atomic E-state index is 13.4. The number of hydrogen-bond acceptors (Lipinski definition) is 4. The number of benzene rings is 2. The summed E-state index contributed by atoms with van der Waals surface area (Å²) in [5.41, 5.74) is 5.81. The van der Waals surface area contributed by atoms with Crippen LogP contribution >= 0.6 is 0 Å². The van der Waals surface area contributed by atoms with E-state index >= 15 is 0 Å². The van der Waals surface area contributed by atoms with Gasteiger partial charge in [-0.3, -0.25) is 13.9 Å². The summed E-state index contributed by atoms with van der Waals surface area (Å²) in [4.78, 5) is 33.2. The smallest absolute Gasteiger partial charge is 0.310 e. The third kappa shape index (κ3) is 3.00. The third-order valence-corrected chi connectivity index (χ3v) is 6.26. The van der Waals surface area contributed by atoms with E-state index in [0.717, 1.165) is 23.4 Å². The topological polar surface area (TPSA) is 65.1 Å². The van der Waals surface area contributed by atoms with Gasteiger partial charge in [0.15, 0.2) is 11.2 Å². The molecule has 0 radical (unpaired) electrons. The van der Waals surface area contributed by atoms with Crippen molar-refractivity contribution in [3.05, 3.63) is 85.6 Å². The molecule has 7 nitrogen and oxygen atoms in total. The lowest BCUT2D eigenvalue weighted by Crippen LogP contribution is -2.40. The van der Waals surface area contributed by atoms with Crippen molar-refractivity contribution in [1.82, 2.24) is 18.7 Å². The molecule has 0 saturated heterocycles. The summed E-state index contributed by atoms with van der Waals surface area (Å²) < 4.78 is 4.73. The highest BCUT2D eigenvalue weighted by Crippen LogP contribution is 2.32. The van der Waals surface area contributed by atoms with Crippen LogP contribution in [0, 0.1) is 20.8 Å². The number of hydrogen-bond donors (Lipinski definition) is 0. The summed E-state index contributed by atoms with van der Waals surface area (Å²) in [7, 11) is 1.68. The number of rotatable bonds is 3. The number of aromatic nitrogens is 4. The molecule has 7 heteroatoms. The van der Waals surface area contributed by atoms with Crippen LogP contribution < -0.4 is 16.1 Å². The van der Waals surface area contributed by atoms with Gasteiger partial charge in [0.25, 0.3) is 5.56 Å². The van der Waals surface area contributed by atoms with Crippen LogP contribution in [0.15, 0.2) is 52.1 Å². The first-order valence-corrected chi connectivity index (χ1v) is 10.5. The average molecular weight is 415 g/mol. The van der Waals surface area contributed by atoms with Crippen LogP contribution in [0.25, 0.3) is 11.2 Å². The standard InChI is InChI=1S/C24H25N5O2/c1-15-5-8-18(9-6-15)14-29-22(30)20-21(26(4)24(29)31)25-23-27(11-12-28(20)23)19-10-7-16(2)17(3)13-19/h5-10,13H,11-12,14H2,1-4H3. The van der Waals surface area contributed by atoms with Crippen molar-refractivity contribution >= 4 is 22.8 Å². The zero-order chi connectivity index (χ0) is 21.9. The first-order chi connectivity index (χ1) is 14.8. The van der Waals surface area contributed by atoms with Crippen molar-refractivity contribution in [1.29, 1.82) is 0 Å². The highest BCUT2D eigenvalue weighted by Gasteiger charge is 2.28. The van der Waals surface area contributed by atoms with Crippen LogP contribution in [0.3, 0.4) is 0 Å². The molecule has 0 fully saturated rings. The number of imidazole rings is 1. The van der Waals surface area contributed by atoms with E-state index in [-0.39, 0.29) is 17.8 Å². The molecule has 158 valence electrons. The molecule has 1 aliphatic rings. The lowest BCUT2D eigenvalue weighted by atomic mass is 10.1. The fraction of sp³-hybridized carbons (Fsp3) is 0.292. The Balaban J connectivity index is 1.66. The maximum absolute atomic E-state index is 13.4. The number of aryl methyl sites for hydroxylation is 4. The van der Waals surface area contributed by atoms with Crippen molar-refractivity contribution in [3.63, 3.8) is 0 Å². The lowest BCUT2D eigenvalue weighted by Gasteiger charge is -2.17. The third-order valence-electron chi connectivity index (χ3n) is 6.26. The van der Waals surface area contributed by atoms with E-state index in [1.54, 1.807) is 7.05 Å². The van der Waals surface area contributed by atoms with Gasteiger partial charge in [0.1, 0.15) is 0 Å². The molecule has 0 amide bonds. The van der Waals surface area contributed by atoms with Gasteiger partial charge in [0, 0.05) is 25.8 Å². The predicted molar refractivity (Wildman–Crippen MR) is 122 cm³/mol. The van der Waals surface area contributed by atoms with Gasteiger partial charge in [-0.1, -0.05) is 35.9 Å². The SMILES string of the molecule is Cc1ccc(Cn2c(=O)c3c(nc4n3CCN4c3ccc(C)c(C)c3)n(C)c2=O)cc1. The quantitative estimate of drug-likeness (QED) is 0.516. The zero-order valence-electron chi connectivity index (χ0n) is 18.2. The Bertz CT molecular complexity index is 1440. The van der Waals surface area contributed by atoms with E-state index < -0.39 is 0 Å². The van der Waals surface area contributed by atoms with Crippen molar-refractivity contribution in [2.75, 3.05) is 11.4 Å². The van der Waals surface area contributed by atoms with Gasteiger partial charge >= 0.3 is 5.69 Å². The van der Waals surface area contributed by atoms with Gasteiger partial charge in [-0.05, 0) is 49.6 Å². The highest BCUT2D eigenvalue weighted by molar-refractivity contribution is 5.78. The molecule has 0 bridgehead atoms. The summed E-state index contributed by atoms with van der Waals surface area (Å²) >= 11 is 0. The van der Waals surface area contributed by atoms with Crippen molar-refractivity contribution in [2.24, 2.45) is 7.05 Å². The Morgan fingerprint density at radius 2 is 1.68 bits per heavy atom. The molecule has 1 aliphatic heterocycles. The normalized spacial score (nSPS) is 13.2. The Morgan fingerprint density at radius 3 is 2.39 bits per heavy atom. The molecule has 2 aromatic carbocycles. The minimum absolute atomic E-state index is 0.239. The molecule has 0 atom stereocenters. The van der Waals surface area contributed by atoms with Crippen LogP contribution in [0.4, 0.5) is 11.6 Å². The molecule has 31 heavy (non-hydrogen) atoms. The Labute approximate surface area is 179 Å². The average Bonchev–Trinajstić information content (AvgIpc) is 3.32. The van der Waals surface area contributed by atoms with Gasteiger partial charge in [-0.25, -0.2) is 4.79 Å². The molecule has 4 aromatic rings. The minimum atomic E-state index is -0.354. The van der Waals surface area contributed by atoms with E-state index in [1.165, 1.54) is 20.3 Å². The lowest BCUT2D eigenvalue weighted by molar-refractivity contribution is 0.652. The molecule has 0 unspecified atom stereocenters. The molecule has 0 spiro atoms. The van der Waals surface area contributed by atoms with Crippen molar-refractivity contribution in [3.8, 4) is 0 Å².